The molecular formula is C21H27N5. The fourth-order valence-corrected chi connectivity index (χ4v) is 3.19. The Kier molecular flexibility index (Phi) is 5.09. The number of aromatic amines is 2. The molecule has 0 spiro atoms. The Morgan fingerprint density at radius 3 is 2.77 bits per heavy atom. The van der Waals surface area contributed by atoms with Crippen molar-refractivity contribution >= 4 is 22.1 Å². The monoisotopic (exact) mass is 349 g/mol. The molecule has 0 fully saturated rings. The quantitative estimate of drug-likeness (QED) is 0.485. The predicted molar refractivity (Wildman–Crippen MR) is 109 cm³/mol. The minimum absolute atomic E-state index is 0. The van der Waals surface area contributed by atoms with Crippen LogP contribution in [0.3, 0.4) is 0 Å². The average molecular weight is 349 g/mol. The number of H-pyrrole nitrogens is 2. The summed E-state index contributed by atoms with van der Waals surface area (Å²) in [6.45, 7) is 8.33. The molecule has 0 saturated carbocycles. The third kappa shape index (κ3) is 3.48. The molecule has 3 N–H and O–H groups in total. The molecule has 5 heteroatoms. The number of nitrogens with one attached hydrogen (secondary N) is 3. The van der Waals surface area contributed by atoms with Crippen LogP contribution in [0.15, 0.2) is 36.5 Å². The first-order chi connectivity index (χ1) is 12.1. The van der Waals surface area contributed by atoms with Crippen LogP contribution in [0.25, 0.3) is 33.3 Å². The number of hydrogen-bond acceptors (Lipinski definition) is 3. The van der Waals surface area contributed by atoms with Crippen molar-refractivity contribution in [3.63, 3.8) is 0 Å². The van der Waals surface area contributed by atoms with E-state index in [0.29, 0.717) is 5.92 Å². The van der Waals surface area contributed by atoms with Crippen molar-refractivity contribution in [3.05, 3.63) is 47.9 Å². The number of imidazole rings is 1. The smallest absolute Gasteiger partial charge is 0.178 e. The van der Waals surface area contributed by atoms with Crippen LogP contribution >= 0.6 is 0 Å². The van der Waals surface area contributed by atoms with Gasteiger partial charge in [0.2, 0.25) is 0 Å². The van der Waals surface area contributed by atoms with E-state index in [-0.39, 0.29) is 7.43 Å². The van der Waals surface area contributed by atoms with Gasteiger partial charge in [0, 0.05) is 34.9 Å². The number of rotatable bonds is 5. The zero-order chi connectivity index (χ0) is 17.4. The van der Waals surface area contributed by atoms with Crippen LogP contribution in [0, 0.1) is 12.8 Å². The molecule has 0 aliphatic carbocycles. The average Bonchev–Trinajstić information content (AvgIpc) is 3.15. The molecule has 0 aliphatic heterocycles. The van der Waals surface area contributed by atoms with E-state index in [1.807, 2.05) is 19.2 Å². The number of benzene rings is 1. The van der Waals surface area contributed by atoms with Crippen molar-refractivity contribution in [2.24, 2.45) is 5.92 Å². The lowest BCUT2D eigenvalue weighted by atomic mass is 10.1. The molecule has 3 heterocycles. The molecule has 3 aromatic heterocycles. The Balaban J connectivity index is 0.00000196. The second-order valence-electron chi connectivity index (χ2n) is 7.01. The van der Waals surface area contributed by atoms with Crippen LogP contribution in [-0.2, 0) is 6.54 Å². The van der Waals surface area contributed by atoms with Gasteiger partial charge in [-0.25, -0.2) is 9.97 Å². The van der Waals surface area contributed by atoms with Crippen molar-refractivity contribution in [1.82, 2.24) is 25.3 Å². The Labute approximate surface area is 154 Å². The summed E-state index contributed by atoms with van der Waals surface area (Å²) in [6, 6.07) is 10.8. The van der Waals surface area contributed by atoms with Gasteiger partial charge in [-0.2, -0.15) is 0 Å². The van der Waals surface area contributed by atoms with E-state index in [1.54, 1.807) is 0 Å². The fourth-order valence-electron chi connectivity index (χ4n) is 3.19. The molecule has 4 rings (SSSR count). The normalized spacial score (nSPS) is 11.4. The summed E-state index contributed by atoms with van der Waals surface area (Å²) >= 11 is 0. The number of fused-ring (bicyclic) bond motifs is 2. The fraction of sp³-hybridized carbons (Fsp3) is 0.333. The van der Waals surface area contributed by atoms with Gasteiger partial charge in [0.05, 0.1) is 5.52 Å². The van der Waals surface area contributed by atoms with Gasteiger partial charge in [-0.05, 0) is 49.2 Å². The summed E-state index contributed by atoms with van der Waals surface area (Å²) in [6.07, 6.45) is 1.81. The molecular weight excluding hydrogens is 322 g/mol. The van der Waals surface area contributed by atoms with Gasteiger partial charge in [0.25, 0.3) is 0 Å². The highest BCUT2D eigenvalue weighted by molar-refractivity contribution is 5.94. The molecule has 0 bridgehead atoms. The van der Waals surface area contributed by atoms with E-state index >= 15 is 0 Å². The topological polar surface area (TPSA) is 69.4 Å². The molecule has 0 radical (unpaired) electrons. The third-order valence-corrected chi connectivity index (χ3v) is 4.37. The number of nitrogens with zero attached hydrogens (tertiary/aromatic N) is 2. The van der Waals surface area contributed by atoms with E-state index < -0.39 is 0 Å². The van der Waals surface area contributed by atoms with Gasteiger partial charge in [0.15, 0.2) is 5.65 Å². The highest BCUT2D eigenvalue weighted by Crippen LogP contribution is 2.29. The van der Waals surface area contributed by atoms with Gasteiger partial charge in [-0.1, -0.05) is 27.3 Å². The molecule has 0 atom stereocenters. The van der Waals surface area contributed by atoms with E-state index in [4.69, 9.17) is 0 Å². The molecule has 0 amide bonds. The Morgan fingerprint density at radius 2 is 1.96 bits per heavy atom. The second-order valence-corrected chi connectivity index (χ2v) is 7.01. The lowest BCUT2D eigenvalue weighted by Gasteiger charge is -2.07. The Hall–Kier alpha value is -2.66. The number of pyridine rings is 1. The Bertz CT molecular complexity index is 1030. The minimum Gasteiger partial charge on any atom is -0.354 e. The summed E-state index contributed by atoms with van der Waals surface area (Å²) in [5.74, 6) is 1.54. The third-order valence-electron chi connectivity index (χ3n) is 4.37. The number of aryl methyl sites for hydroxylation is 1. The van der Waals surface area contributed by atoms with Crippen molar-refractivity contribution in [3.8, 4) is 11.3 Å². The van der Waals surface area contributed by atoms with Crippen LogP contribution in [0.5, 0.6) is 0 Å². The van der Waals surface area contributed by atoms with E-state index in [1.165, 1.54) is 10.9 Å². The van der Waals surface area contributed by atoms with Gasteiger partial charge < -0.3 is 15.3 Å². The lowest BCUT2D eigenvalue weighted by molar-refractivity contribution is 0.552. The van der Waals surface area contributed by atoms with E-state index in [2.05, 4.69) is 63.4 Å². The lowest BCUT2D eigenvalue weighted by Crippen LogP contribution is -2.18. The largest absolute Gasteiger partial charge is 0.354 e. The number of aromatic nitrogens is 4. The molecule has 5 nitrogen and oxygen atoms in total. The summed E-state index contributed by atoms with van der Waals surface area (Å²) in [4.78, 5) is 15.6. The van der Waals surface area contributed by atoms with Gasteiger partial charge in [0.1, 0.15) is 5.82 Å². The predicted octanol–water partition coefficient (Wildman–Crippen LogP) is 4.80. The van der Waals surface area contributed by atoms with E-state index in [9.17, 15) is 0 Å². The SMILES string of the molecule is C.Cc1nc2nccc(-c3cc4cc(CNCC(C)C)ccc4[nH]3)c2[nH]1. The molecule has 26 heavy (non-hydrogen) atoms. The van der Waals surface area contributed by atoms with Crippen LogP contribution in [0.4, 0.5) is 0 Å². The molecule has 0 saturated heterocycles. The first kappa shape index (κ1) is 18.1. The Morgan fingerprint density at radius 1 is 1.12 bits per heavy atom. The first-order valence-corrected chi connectivity index (χ1v) is 8.74. The van der Waals surface area contributed by atoms with Crippen LogP contribution in [-0.4, -0.2) is 26.5 Å². The maximum absolute atomic E-state index is 4.43. The zero-order valence-electron chi connectivity index (χ0n) is 14.9. The van der Waals surface area contributed by atoms with Gasteiger partial charge >= 0.3 is 0 Å². The first-order valence-electron chi connectivity index (χ1n) is 8.74. The summed E-state index contributed by atoms with van der Waals surface area (Å²) in [5.41, 5.74) is 6.36. The number of hydrogen-bond donors (Lipinski definition) is 3. The zero-order valence-corrected chi connectivity index (χ0v) is 14.9. The van der Waals surface area contributed by atoms with Crippen LogP contribution < -0.4 is 5.32 Å². The summed E-state index contributed by atoms with van der Waals surface area (Å²) < 4.78 is 0. The van der Waals surface area contributed by atoms with Gasteiger partial charge in [-0.3, -0.25) is 0 Å². The van der Waals surface area contributed by atoms with Crippen LogP contribution in [0.1, 0.15) is 32.7 Å². The molecule has 0 aliphatic rings. The standard InChI is InChI=1S/C20H23N5.CH4/c1-12(2)10-21-11-14-4-5-17-15(8-14)9-18(25-17)16-6-7-22-20-19(16)23-13(3)24-20;/h4-9,12,21,25H,10-11H2,1-3H3,(H,22,23,24);1H4. The van der Waals surface area contributed by atoms with Crippen LogP contribution in [0.2, 0.25) is 0 Å². The van der Waals surface area contributed by atoms with E-state index in [0.717, 1.165) is 46.9 Å². The van der Waals surface area contributed by atoms with Crippen molar-refractivity contribution in [2.45, 2.75) is 34.7 Å². The second kappa shape index (κ2) is 7.30. The molecule has 136 valence electrons. The minimum atomic E-state index is 0. The van der Waals surface area contributed by atoms with Crippen molar-refractivity contribution in [1.29, 1.82) is 0 Å². The van der Waals surface area contributed by atoms with Crippen molar-refractivity contribution in [2.75, 3.05) is 6.54 Å². The summed E-state index contributed by atoms with van der Waals surface area (Å²) in [5, 5.41) is 4.72. The maximum Gasteiger partial charge on any atom is 0.178 e. The van der Waals surface area contributed by atoms with Crippen molar-refractivity contribution < 1.29 is 0 Å². The maximum atomic E-state index is 4.43. The highest BCUT2D eigenvalue weighted by atomic mass is 15.0. The summed E-state index contributed by atoms with van der Waals surface area (Å²) in [7, 11) is 0. The van der Waals surface area contributed by atoms with Gasteiger partial charge in [-0.15, -0.1) is 0 Å². The molecule has 1 aromatic carbocycles. The highest BCUT2D eigenvalue weighted by Gasteiger charge is 2.11. The molecule has 0 unspecified atom stereocenters. The molecule has 4 aromatic rings.